The molecule has 0 radical (unpaired) electrons. The van der Waals surface area contributed by atoms with Gasteiger partial charge in [-0.3, -0.25) is 4.79 Å². The monoisotopic (exact) mass is 417 g/mol. The summed E-state index contributed by atoms with van der Waals surface area (Å²) in [5.74, 6) is -0.115. The molecule has 1 heterocycles. The van der Waals surface area contributed by atoms with Crippen LogP contribution in [-0.2, 0) is 19.4 Å². The van der Waals surface area contributed by atoms with Crippen LogP contribution in [0.25, 0.3) is 0 Å². The van der Waals surface area contributed by atoms with E-state index in [0.29, 0.717) is 17.1 Å². The van der Waals surface area contributed by atoms with E-state index in [2.05, 4.69) is 0 Å². The maximum atomic E-state index is 13.5. The number of nitrogens with two attached hydrogens (primary N) is 1. The van der Waals surface area contributed by atoms with E-state index >= 15 is 0 Å². The minimum atomic E-state index is -3.83. The van der Waals surface area contributed by atoms with Gasteiger partial charge in [-0.25, -0.2) is 8.42 Å². The molecule has 2 aromatic carbocycles. The standard InChI is InChI=1S/C21H23NO6S/c1-3-26-20(23)21(11-22)18(14-6-9-16-17(10-14)28-12-27-16)19(21)29(24,25)15-7-4-13(2)5-8-15/h4-10,18-19H,3,11-12,22H2,1-2H3/t18-,19-,21+/m0/s1. The number of benzene rings is 2. The Hall–Kier alpha value is -2.58. The molecular formula is C21H23NO6S. The molecule has 0 bridgehead atoms. The summed E-state index contributed by atoms with van der Waals surface area (Å²) >= 11 is 0. The van der Waals surface area contributed by atoms with E-state index in [1.54, 1.807) is 49.4 Å². The summed E-state index contributed by atoms with van der Waals surface area (Å²) in [5.41, 5.74) is 6.28. The smallest absolute Gasteiger partial charge is 0.315 e. The zero-order valence-corrected chi connectivity index (χ0v) is 17.1. The van der Waals surface area contributed by atoms with Crippen LogP contribution in [0.1, 0.15) is 24.0 Å². The Morgan fingerprint density at radius 2 is 1.86 bits per heavy atom. The molecule has 2 aliphatic rings. The lowest BCUT2D eigenvalue weighted by molar-refractivity contribution is -0.149. The number of sulfone groups is 1. The molecule has 7 nitrogen and oxygen atoms in total. The summed E-state index contributed by atoms with van der Waals surface area (Å²) < 4.78 is 43.0. The molecule has 0 saturated heterocycles. The van der Waals surface area contributed by atoms with Gasteiger partial charge in [-0.05, 0) is 43.7 Å². The van der Waals surface area contributed by atoms with E-state index in [-0.39, 0.29) is 24.8 Å². The van der Waals surface area contributed by atoms with Crippen LogP contribution >= 0.6 is 0 Å². The first kappa shape index (κ1) is 19.7. The van der Waals surface area contributed by atoms with Crippen LogP contribution in [0.4, 0.5) is 0 Å². The molecule has 4 rings (SSSR count). The Morgan fingerprint density at radius 3 is 2.52 bits per heavy atom. The Labute approximate surface area is 169 Å². The number of aryl methyl sites for hydroxylation is 1. The van der Waals surface area contributed by atoms with Crippen molar-refractivity contribution in [1.82, 2.24) is 0 Å². The Balaban J connectivity index is 1.81. The molecule has 1 fully saturated rings. The highest BCUT2D eigenvalue weighted by molar-refractivity contribution is 7.92. The van der Waals surface area contributed by atoms with Crippen LogP contribution in [0.2, 0.25) is 0 Å². The third-order valence-corrected chi connectivity index (χ3v) is 7.98. The van der Waals surface area contributed by atoms with E-state index < -0.39 is 32.4 Å². The third kappa shape index (κ3) is 2.98. The van der Waals surface area contributed by atoms with Gasteiger partial charge in [-0.15, -0.1) is 0 Å². The maximum Gasteiger partial charge on any atom is 0.315 e. The summed E-state index contributed by atoms with van der Waals surface area (Å²) in [6.45, 7) is 3.68. The lowest BCUT2D eigenvalue weighted by atomic mass is 9.99. The maximum absolute atomic E-state index is 13.5. The van der Waals surface area contributed by atoms with Crippen molar-refractivity contribution in [3.05, 3.63) is 53.6 Å². The fraction of sp³-hybridized carbons (Fsp3) is 0.381. The molecule has 29 heavy (non-hydrogen) atoms. The first-order valence-corrected chi connectivity index (χ1v) is 11.0. The Morgan fingerprint density at radius 1 is 1.17 bits per heavy atom. The highest BCUT2D eigenvalue weighted by Gasteiger charge is 2.75. The van der Waals surface area contributed by atoms with Gasteiger partial charge in [0.05, 0.1) is 16.8 Å². The lowest BCUT2D eigenvalue weighted by Gasteiger charge is -2.14. The normalized spacial score (nSPS) is 24.9. The van der Waals surface area contributed by atoms with Crippen molar-refractivity contribution in [2.75, 3.05) is 19.9 Å². The highest BCUT2D eigenvalue weighted by atomic mass is 32.2. The number of esters is 1. The van der Waals surface area contributed by atoms with Crippen LogP contribution in [0.5, 0.6) is 11.5 Å². The summed E-state index contributed by atoms with van der Waals surface area (Å²) in [6.07, 6.45) is 0. The average Bonchev–Trinajstić information content (AvgIpc) is 3.20. The van der Waals surface area contributed by atoms with Crippen LogP contribution in [0.3, 0.4) is 0 Å². The second-order valence-corrected chi connectivity index (χ2v) is 9.40. The van der Waals surface area contributed by atoms with E-state index in [1.807, 2.05) is 6.92 Å². The SMILES string of the molecule is CCOC(=O)[C@]1(CN)[C@@H](c2ccc3c(c2)OCO3)[C@@H]1S(=O)(=O)c1ccc(C)cc1. The largest absolute Gasteiger partial charge is 0.465 e. The second kappa shape index (κ2) is 7.03. The average molecular weight is 417 g/mol. The van der Waals surface area contributed by atoms with Gasteiger partial charge in [0.2, 0.25) is 6.79 Å². The molecule has 3 atom stereocenters. The molecule has 1 aliphatic carbocycles. The Bertz CT molecular complexity index is 1050. The zero-order valence-electron chi connectivity index (χ0n) is 16.3. The quantitative estimate of drug-likeness (QED) is 0.718. The van der Waals surface area contributed by atoms with Gasteiger partial charge < -0.3 is 19.9 Å². The predicted octanol–water partition coefficient (Wildman–Crippen LogP) is 2.17. The number of hydrogen-bond donors (Lipinski definition) is 1. The molecule has 2 N–H and O–H groups in total. The number of rotatable bonds is 6. The number of carbonyl (C=O) groups is 1. The van der Waals surface area contributed by atoms with Crippen LogP contribution in [-0.4, -0.2) is 39.6 Å². The lowest BCUT2D eigenvalue weighted by Crippen LogP contribution is -2.33. The summed E-state index contributed by atoms with van der Waals surface area (Å²) in [6, 6.07) is 11.8. The van der Waals surface area contributed by atoms with E-state index in [0.717, 1.165) is 5.56 Å². The van der Waals surface area contributed by atoms with Crippen LogP contribution in [0, 0.1) is 12.3 Å². The van der Waals surface area contributed by atoms with Gasteiger partial charge in [0.15, 0.2) is 21.3 Å². The molecule has 8 heteroatoms. The van der Waals surface area contributed by atoms with Crippen molar-refractivity contribution in [1.29, 1.82) is 0 Å². The van der Waals surface area contributed by atoms with Crippen LogP contribution < -0.4 is 15.2 Å². The molecule has 0 spiro atoms. The molecule has 154 valence electrons. The minimum absolute atomic E-state index is 0.106. The van der Waals surface area contributed by atoms with Crippen molar-refractivity contribution in [3.63, 3.8) is 0 Å². The van der Waals surface area contributed by atoms with Crippen molar-refractivity contribution < 1.29 is 27.4 Å². The van der Waals surface area contributed by atoms with Gasteiger partial charge in [-0.2, -0.15) is 0 Å². The van der Waals surface area contributed by atoms with E-state index in [9.17, 15) is 13.2 Å². The van der Waals surface area contributed by atoms with Gasteiger partial charge >= 0.3 is 5.97 Å². The van der Waals surface area contributed by atoms with Crippen molar-refractivity contribution >= 4 is 15.8 Å². The number of carbonyl (C=O) groups excluding carboxylic acids is 1. The first-order valence-electron chi connectivity index (χ1n) is 9.43. The molecule has 0 unspecified atom stereocenters. The van der Waals surface area contributed by atoms with Gasteiger partial charge in [0.25, 0.3) is 0 Å². The highest BCUT2D eigenvalue weighted by Crippen LogP contribution is 2.64. The molecular weight excluding hydrogens is 394 g/mol. The van der Waals surface area contributed by atoms with E-state index in [4.69, 9.17) is 19.9 Å². The van der Waals surface area contributed by atoms with Crippen molar-refractivity contribution in [3.8, 4) is 11.5 Å². The first-order chi connectivity index (χ1) is 13.9. The van der Waals surface area contributed by atoms with Crippen molar-refractivity contribution in [2.45, 2.75) is 29.9 Å². The van der Waals surface area contributed by atoms with Gasteiger partial charge in [-0.1, -0.05) is 23.8 Å². The minimum Gasteiger partial charge on any atom is -0.465 e. The molecule has 1 saturated carbocycles. The molecule has 2 aromatic rings. The zero-order chi connectivity index (χ0) is 20.8. The molecule has 0 aromatic heterocycles. The van der Waals surface area contributed by atoms with E-state index in [1.165, 1.54) is 0 Å². The molecule has 1 aliphatic heterocycles. The third-order valence-electron chi connectivity index (χ3n) is 5.69. The number of hydrogen-bond acceptors (Lipinski definition) is 7. The predicted molar refractivity (Wildman–Crippen MR) is 106 cm³/mol. The topological polar surface area (TPSA) is 105 Å². The molecule has 0 amide bonds. The van der Waals surface area contributed by atoms with Gasteiger partial charge in [0, 0.05) is 12.5 Å². The number of fused-ring (bicyclic) bond motifs is 1. The fourth-order valence-electron chi connectivity index (χ4n) is 4.15. The summed E-state index contributed by atoms with van der Waals surface area (Å²) in [5, 5.41) is -1.01. The van der Waals surface area contributed by atoms with Gasteiger partial charge in [0.1, 0.15) is 5.41 Å². The van der Waals surface area contributed by atoms with Crippen molar-refractivity contribution in [2.24, 2.45) is 11.1 Å². The Kier molecular flexibility index (Phi) is 4.78. The second-order valence-electron chi connectivity index (χ2n) is 7.33. The number of ether oxygens (including phenoxy) is 3. The fourth-order valence-corrected chi connectivity index (χ4v) is 6.53. The van der Waals surface area contributed by atoms with Crippen LogP contribution in [0.15, 0.2) is 47.4 Å². The summed E-state index contributed by atoms with van der Waals surface area (Å²) in [7, 11) is -3.83. The summed E-state index contributed by atoms with van der Waals surface area (Å²) in [4.78, 5) is 13.1.